The maximum atomic E-state index is 15.2. The summed E-state index contributed by atoms with van der Waals surface area (Å²) in [5.74, 6) is -4.20. The Balaban J connectivity index is 0.000000221. The van der Waals surface area contributed by atoms with E-state index in [-0.39, 0.29) is 122 Å². The molecular formula is C88H146N12O12. The molecule has 13 atom stereocenters. The van der Waals surface area contributed by atoms with E-state index in [2.05, 4.69) is 108 Å². The number of fused-ring (bicyclic) bond motifs is 2. The summed E-state index contributed by atoms with van der Waals surface area (Å²) in [4.78, 5) is 164. The number of nitrogens with zero attached hydrogens (tertiary/aromatic N) is 4. The zero-order chi connectivity index (χ0) is 81.6. The van der Waals surface area contributed by atoms with Crippen molar-refractivity contribution in [3.05, 3.63) is 0 Å². The largest absolute Gasteiger partial charge is 0.381 e. The third kappa shape index (κ3) is 17.2. The number of nitrogens with one attached hydrogen (secondary N) is 8. The van der Waals surface area contributed by atoms with Crippen LogP contribution in [0.1, 0.15) is 316 Å². The summed E-state index contributed by atoms with van der Waals surface area (Å²) in [6, 6.07) is -7.01. The molecule has 12 aliphatic rings. The monoisotopic (exact) mass is 1560 g/mol. The van der Waals surface area contributed by atoms with E-state index in [1.807, 2.05) is 55.4 Å². The Hall–Kier alpha value is -5.75. The molecule has 0 radical (unpaired) electrons. The number of amides is 10. The Morgan fingerprint density at radius 1 is 0.420 bits per heavy atom. The number of carbonyl (C=O) groups is 11. The first-order valence-corrected chi connectivity index (χ1v) is 44.6. The fourth-order valence-electron chi connectivity index (χ4n) is 23.2. The number of aliphatic hydroxyl groups excluding tert-OH is 1. The number of Topliss-reactive ketones (excluding diaryl/α,β-unsaturated/α-hetero) is 1. The summed E-state index contributed by atoms with van der Waals surface area (Å²) in [7, 11) is 0. The lowest BCUT2D eigenvalue weighted by Gasteiger charge is -2.40. The molecule has 4 heterocycles. The first-order valence-electron chi connectivity index (χ1n) is 44.6. The Morgan fingerprint density at radius 2 is 0.795 bits per heavy atom. The van der Waals surface area contributed by atoms with Crippen LogP contribution in [0.5, 0.6) is 0 Å². The second-order valence-electron chi connectivity index (χ2n) is 40.8. The van der Waals surface area contributed by atoms with Gasteiger partial charge in [-0.1, -0.05) is 160 Å². The highest BCUT2D eigenvalue weighted by atomic mass is 16.3. The SMILES string of the molecule is CCC[C@H](NC(=O)[C@@H]1C[C@@]2(CN1C(=O)[C@@H](NC(=O)[C@@H](NC(=O)[C@@H]1CCCCN1C(C)C)C1CCCCC1)C(C)(C)C)C(C)(C)C21CCC1)C(=O)C(=O)NC1CC1.CCC[C@H](NC(=O)[C@@H]1C[C@@]2(CN1C(=O)[C@@H](NC(=O)[C@@H](NC(=O)[C@@H]1CCCCN1C(C)C)C1CCCCC1)C(C)(C)C)C(C)(C)C21CCC1)C(O)C(=O)NC1CC1. The predicted octanol–water partition coefficient (Wildman–Crippen LogP) is 9.34. The van der Waals surface area contributed by atoms with Crippen molar-refractivity contribution >= 4 is 64.9 Å². The molecule has 24 nitrogen and oxygen atoms in total. The second-order valence-corrected chi connectivity index (χ2v) is 40.8. The highest BCUT2D eigenvalue weighted by Gasteiger charge is 2.86. The van der Waals surface area contributed by atoms with Crippen LogP contribution in [-0.4, -0.2) is 206 Å². The van der Waals surface area contributed by atoms with E-state index < -0.39 is 88.8 Å². The van der Waals surface area contributed by atoms with Crippen molar-refractivity contribution < 1.29 is 57.8 Å². The number of hydrogen-bond acceptors (Lipinski definition) is 14. The molecule has 12 fully saturated rings. The maximum absolute atomic E-state index is 15.2. The standard InChI is InChI=1S/C44H74N6O6.C44H72N6O6/c2*1-9-16-30(34(51)39(55)45-29-20-21-29)46-37(53)32-25-44(42(7,8)43(44)22-15-23-43)26-50(32)40(56)35(41(4,5)6)48-38(54)33(28-17-11-10-12-18-28)47-36(52)31-19-13-14-24-49(31)27(2)3/h27-35,51H,9-26H2,1-8H3,(H,45,55)(H,46,53)(H,47,52)(H,48,54);27-33,35H,9-26H2,1-8H3,(H,45,55)(H,46,53)(H,47,52)(H,48,54)/t30-,31-,32-,33-,34?,35+,44+;30-,31-,32-,33-,35+,44+/m00/s1. The highest BCUT2D eigenvalue weighted by Crippen LogP contribution is 2.89. The fourth-order valence-corrected chi connectivity index (χ4v) is 23.2. The van der Waals surface area contributed by atoms with Gasteiger partial charge in [0.25, 0.3) is 11.8 Å². The summed E-state index contributed by atoms with van der Waals surface area (Å²) in [5, 5.41) is 35.5. The minimum atomic E-state index is -1.40. The summed E-state index contributed by atoms with van der Waals surface area (Å²) >= 11 is 0. The minimum Gasteiger partial charge on any atom is -0.381 e. The van der Waals surface area contributed by atoms with Crippen LogP contribution in [0.4, 0.5) is 0 Å². The molecule has 24 heteroatoms. The van der Waals surface area contributed by atoms with Crippen LogP contribution < -0.4 is 42.5 Å². The molecule has 4 saturated heterocycles. The average molecular weight is 1560 g/mol. The lowest BCUT2D eigenvalue weighted by molar-refractivity contribution is -0.146. The Labute approximate surface area is 669 Å². The molecular weight excluding hydrogens is 1420 g/mol. The van der Waals surface area contributed by atoms with Gasteiger partial charge in [-0.05, 0) is 214 Å². The fraction of sp³-hybridized carbons (Fsp3) is 0.875. The molecule has 10 amide bonds. The summed E-state index contributed by atoms with van der Waals surface area (Å²) in [5.41, 5.74) is -2.01. The summed E-state index contributed by atoms with van der Waals surface area (Å²) in [6.45, 7) is 35.5. The van der Waals surface area contributed by atoms with Crippen molar-refractivity contribution in [3.63, 3.8) is 0 Å². The Bertz CT molecular complexity index is 3440. The molecule has 1 unspecified atom stereocenters. The second kappa shape index (κ2) is 34.4. The lowest BCUT2D eigenvalue weighted by Crippen LogP contribution is -2.63. The molecule has 9 N–H and O–H groups in total. The molecule has 0 aromatic heterocycles. The smallest absolute Gasteiger partial charge is 0.289 e. The van der Waals surface area contributed by atoms with Crippen molar-refractivity contribution in [1.82, 2.24) is 62.1 Å². The number of carbonyl (C=O) groups excluding carboxylic acids is 11. The number of hydrogen-bond donors (Lipinski definition) is 9. The first kappa shape index (κ1) is 87.1. The molecule has 4 aliphatic heterocycles. The van der Waals surface area contributed by atoms with Gasteiger partial charge in [0.05, 0.1) is 24.2 Å². The van der Waals surface area contributed by atoms with Crippen LogP contribution in [0.15, 0.2) is 0 Å². The molecule has 630 valence electrons. The van der Waals surface area contributed by atoms with E-state index in [1.54, 1.807) is 9.80 Å². The van der Waals surface area contributed by atoms with Crippen LogP contribution in [-0.2, 0) is 52.7 Å². The van der Waals surface area contributed by atoms with E-state index in [0.717, 1.165) is 180 Å². The Kier molecular flexibility index (Phi) is 26.8. The van der Waals surface area contributed by atoms with Gasteiger partial charge in [-0.15, -0.1) is 0 Å². The molecule has 8 aliphatic carbocycles. The van der Waals surface area contributed by atoms with Gasteiger partial charge in [-0.3, -0.25) is 62.5 Å². The molecule has 0 bridgehead atoms. The van der Waals surface area contributed by atoms with Crippen LogP contribution in [0.3, 0.4) is 0 Å². The number of aliphatic hydroxyl groups is 1. The topological polar surface area (TPSA) is 317 Å². The van der Waals surface area contributed by atoms with Gasteiger partial charge in [0.15, 0.2) is 6.10 Å². The summed E-state index contributed by atoms with van der Waals surface area (Å²) < 4.78 is 0. The number of piperidine rings is 2. The van der Waals surface area contributed by atoms with E-state index >= 15 is 9.59 Å². The van der Waals surface area contributed by atoms with Gasteiger partial charge in [0.1, 0.15) is 36.3 Å². The molecule has 12 rings (SSSR count). The van der Waals surface area contributed by atoms with Gasteiger partial charge < -0.3 is 57.4 Å². The van der Waals surface area contributed by atoms with Gasteiger partial charge >= 0.3 is 0 Å². The van der Waals surface area contributed by atoms with Gasteiger partial charge in [0.2, 0.25) is 53.0 Å². The quantitative estimate of drug-likeness (QED) is 0.0330. The van der Waals surface area contributed by atoms with Gasteiger partial charge in [0, 0.05) is 48.1 Å². The molecule has 4 spiro atoms. The van der Waals surface area contributed by atoms with Crippen molar-refractivity contribution in [2.45, 2.75) is 407 Å². The van der Waals surface area contributed by atoms with Crippen molar-refractivity contribution in [3.8, 4) is 0 Å². The van der Waals surface area contributed by atoms with Crippen LogP contribution in [0.2, 0.25) is 0 Å². The first-order chi connectivity index (χ1) is 52.8. The van der Waals surface area contributed by atoms with Crippen LogP contribution in [0, 0.1) is 55.2 Å². The van der Waals surface area contributed by atoms with E-state index in [9.17, 15) is 48.3 Å². The lowest BCUT2D eigenvalue weighted by atomic mass is 9.73. The number of ketones is 1. The highest BCUT2D eigenvalue weighted by molar-refractivity contribution is 6.38. The van der Waals surface area contributed by atoms with Crippen LogP contribution >= 0.6 is 0 Å². The van der Waals surface area contributed by atoms with E-state index in [4.69, 9.17) is 0 Å². The minimum absolute atomic E-state index is 0.0144. The third-order valence-corrected chi connectivity index (χ3v) is 30.9. The maximum Gasteiger partial charge on any atom is 0.289 e. The number of likely N-dealkylation sites (tertiary alicyclic amines) is 4. The Morgan fingerprint density at radius 3 is 1.14 bits per heavy atom. The molecule has 0 aromatic carbocycles. The van der Waals surface area contributed by atoms with Crippen molar-refractivity contribution in [2.75, 3.05) is 26.2 Å². The van der Waals surface area contributed by atoms with Gasteiger partial charge in [-0.25, -0.2) is 0 Å². The zero-order valence-electron chi connectivity index (χ0n) is 71.5. The normalized spacial score (nSPS) is 29.2. The van der Waals surface area contributed by atoms with E-state index in [0.29, 0.717) is 51.6 Å². The predicted molar refractivity (Wildman–Crippen MR) is 431 cm³/mol. The molecule has 0 aromatic rings. The molecule has 112 heavy (non-hydrogen) atoms. The molecule has 8 saturated carbocycles. The third-order valence-electron chi connectivity index (χ3n) is 30.9. The summed E-state index contributed by atoms with van der Waals surface area (Å²) in [6.07, 6.45) is 26.5. The van der Waals surface area contributed by atoms with Gasteiger partial charge in [-0.2, -0.15) is 0 Å². The zero-order valence-corrected chi connectivity index (χ0v) is 71.5. The van der Waals surface area contributed by atoms with E-state index in [1.165, 1.54) is 0 Å². The average Bonchev–Trinajstić information content (AvgIpc) is 1.46. The van der Waals surface area contributed by atoms with Crippen molar-refractivity contribution in [1.29, 1.82) is 0 Å². The number of rotatable bonds is 28. The van der Waals surface area contributed by atoms with Crippen LogP contribution in [0.25, 0.3) is 0 Å². The van der Waals surface area contributed by atoms with Crippen molar-refractivity contribution in [2.24, 2.45) is 55.2 Å².